The Labute approximate surface area is 155 Å². The maximum atomic E-state index is 12.1. The third kappa shape index (κ3) is 6.59. The van der Waals surface area contributed by atoms with E-state index in [1.807, 2.05) is 42.5 Å². The molecule has 0 aromatic heterocycles. The van der Waals surface area contributed by atoms with Crippen molar-refractivity contribution in [3.8, 4) is 5.75 Å². The lowest BCUT2D eigenvalue weighted by Crippen LogP contribution is -2.39. The summed E-state index contributed by atoms with van der Waals surface area (Å²) < 4.78 is 5.13. The molecule has 0 aliphatic carbocycles. The normalized spacial score (nSPS) is 10.2. The van der Waals surface area contributed by atoms with Crippen molar-refractivity contribution in [2.45, 2.75) is 26.3 Å². The second-order valence-corrected chi connectivity index (χ2v) is 6.16. The van der Waals surface area contributed by atoms with Gasteiger partial charge < -0.3 is 15.0 Å². The highest BCUT2D eigenvalue weighted by Crippen LogP contribution is 2.13. The number of hydrogen-bond acceptors (Lipinski definition) is 3. The largest absolute Gasteiger partial charge is 0.497 e. The summed E-state index contributed by atoms with van der Waals surface area (Å²) in [6.45, 7) is 2.54. The molecule has 5 nitrogen and oxygen atoms in total. The lowest BCUT2D eigenvalue weighted by molar-refractivity contribution is -0.134. The Hall–Kier alpha value is -2.82. The van der Waals surface area contributed by atoms with Crippen LogP contribution < -0.4 is 10.1 Å². The summed E-state index contributed by atoms with van der Waals surface area (Å²) in [4.78, 5) is 25.5. The molecule has 2 aromatic rings. The lowest BCUT2D eigenvalue weighted by atomic mass is 10.1. The highest BCUT2D eigenvalue weighted by Gasteiger charge is 2.14. The molecule has 0 saturated heterocycles. The van der Waals surface area contributed by atoms with Gasteiger partial charge in [0.2, 0.25) is 11.8 Å². The van der Waals surface area contributed by atoms with Gasteiger partial charge in [-0.25, -0.2) is 0 Å². The number of rotatable bonds is 9. The van der Waals surface area contributed by atoms with E-state index in [9.17, 15) is 9.59 Å². The summed E-state index contributed by atoms with van der Waals surface area (Å²) in [7, 11) is 1.61. The summed E-state index contributed by atoms with van der Waals surface area (Å²) in [5.41, 5.74) is 2.21. The van der Waals surface area contributed by atoms with Crippen molar-refractivity contribution in [2.75, 3.05) is 20.2 Å². The first-order valence-corrected chi connectivity index (χ1v) is 8.77. The van der Waals surface area contributed by atoms with Crippen molar-refractivity contribution in [3.63, 3.8) is 0 Å². The molecule has 2 rings (SSSR count). The third-order valence-electron chi connectivity index (χ3n) is 4.12. The number of amides is 2. The number of hydrogen-bond donors (Lipinski definition) is 1. The van der Waals surface area contributed by atoms with Gasteiger partial charge in [-0.15, -0.1) is 0 Å². The zero-order valence-corrected chi connectivity index (χ0v) is 15.4. The van der Waals surface area contributed by atoms with Crippen LogP contribution in [0.15, 0.2) is 54.6 Å². The van der Waals surface area contributed by atoms with E-state index in [-0.39, 0.29) is 18.4 Å². The van der Waals surface area contributed by atoms with Crippen LogP contribution in [0.2, 0.25) is 0 Å². The predicted octanol–water partition coefficient (Wildman–Crippen LogP) is 2.79. The SMILES string of the molecule is COc1ccc(CN(CC(=O)NCCCc2ccccc2)C(C)=O)cc1. The lowest BCUT2D eigenvalue weighted by Gasteiger charge is -2.20. The van der Waals surface area contributed by atoms with Crippen LogP contribution in [0.25, 0.3) is 0 Å². The Morgan fingerprint density at radius 3 is 2.31 bits per heavy atom. The van der Waals surface area contributed by atoms with Gasteiger partial charge in [0, 0.05) is 20.0 Å². The van der Waals surface area contributed by atoms with Crippen LogP contribution in [0.3, 0.4) is 0 Å². The quantitative estimate of drug-likeness (QED) is 0.705. The van der Waals surface area contributed by atoms with Crippen LogP contribution in [-0.4, -0.2) is 36.9 Å². The fourth-order valence-corrected chi connectivity index (χ4v) is 2.62. The Morgan fingerprint density at radius 1 is 1.00 bits per heavy atom. The van der Waals surface area contributed by atoms with Crippen LogP contribution in [0.5, 0.6) is 5.75 Å². The van der Waals surface area contributed by atoms with E-state index in [1.165, 1.54) is 17.4 Å². The van der Waals surface area contributed by atoms with Crippen molar-refractivity contribution < 1.29 is 14.3 Å². The van der Waals surface area contributed by atoms with E-state index in [4.69, 9.17) is 4.74 Å². The van der Waals surface area contributed by atoms with Crippen molar-refractivity contribution in [1.82, 2.24) is 10.2 Å². The first-order valence-electron chi connectivity index (χ1n) is 8.77. The molecule has 0 saturated carbocycles. The number of carbonyl (C=O) groups is 2. The van der Waals surface area contributed by atoms with Crippen molar-refractivity contribution in [2.24, 2.45) is 0 Å². The van der Waals surface area contributed by atoms with Gasteiger partial charge in [-0.2, -0.15) is 0 Å². The minimum atomic E-state index is -0.137. The molecule has 0 atom stereocenters. The van der Waals surface area contributed by atoms with Crippen molar-refractivity contribution in [1.29, 1.82) is 0 Å². The molecule has 0 aliphatic heterocycles. The van der Waals surface area contributed by atoms with Gasteiger partial charge in [0.15, 0.2) is 0 Å². The van der Waals surface area contributed by atoms with Gasteiger partial charge in [0.1, 0.15) is 5.75 Å². The Kier molecular flexibility index (Phi) is 7.68. The standard InChI is InChI=1S/C21H26N2O3/c1-17(24)23(15-19-10-12-20(26-2)13-11-19)16-21(25)22-14-6-9-18-7-4-3-5-8-18/h3-5,7-8,10-13H,6,9,14-16H2,1-2H3,(H,22,25). The van der Waals surface area contributed by atoms with Gasteiger partial charge in [0.25, 0.3) is 0 Å². The first kappa shape index (κ1) is 19.5. The minimum absolute atomic E-state index is 0.0622. The van der Waals surface area contributed by atoms with Crippen molar-refractivity contribution >= 4 is 11.8 Å². The molecule has 2 aromatic carbocycles. The Bertz CT molecular complexity index is 699. The smallest absolute Gasteiger partial charge is 0.239 e. The zero-order chi connectivity index (χ0) is 18.8. The number of benzene rings is 2. The zero-order valence-electron chi connectivity index (χ0n) is 15.4. The van der Waals surface area contributed by atoms with Gasteiger partial charge in [-0.3, -0.25) is 9.59 Å². The van der Waals surface area contributed by atoms with E-state index in [1.54, 1.807) is 7.11 Å². The molecular weight excluding hydrogens is 328 g/mol. The molecule has 0 aliphatic rings. The van der Waals surface area contributed by atoms with E-state index in [2.05, 4.69) is 17.4 Å². The number of carbonyl (C=O) groups excluding carboxylic acids is 2. The number of ether oxygens (including phenoxy) is 1. The van der Waals surface area contributed by atoms with E-state index in [0.717, 1.165) is 24.2 Å². The fourth-order valence-electron chi connectivity index (χ4n) is 2.62. The van der Waals surface area contributed by atoms with Gasteiger partial charge >= 0.3 is 0 Å². The molecule has 1 N–H and O–H groups in total. The summed E-state index contributed by atoms with van der Waals surface area (Å²) in [5, 5.41) is 2.89. The summed E-state index contributed by atoms with van der Waals surface area (Å²) >= 11 is 0. The summed E-state index contributed by atoms with van der Waals surface area (Å²) in [6, 6.07) is 17.6. The average Bonchev–Trinajstić information content (AvgIpc) is 2.66. The van der Waals surface area contributed by atoms with Crippen LogP contribution in [-0.2, 0) is 22.6 Å². The Morgan fingerprint density at radius 2 is 1.69 bits per heavy atom. The summed E-state index contributed by atoms with van der Waals surface area (Å²) in [5.74, 6) is 0.501. The number of methoxy groups -OCH3 is 1. The highest BCUT2D eigenvalue weighted by molar-refractivity contribution is 5.83. The molecule has 2 amide bonds. The molecule has 0 spiro atoms. The Balaban J connectivity index is 1.76. The molecule has 0 unspecified atom stereocenters. The van der Waals surface area contributed by atoms with E-state index >= 15 is 0 Å². The van der Waals surface area contributed by atoms with E-state index < -0.39 is 0 Å². The number of nitrogens with zero attached hydrogens (tertiary/aromatic N) is 1. The molecule has 0 heterocycles. The maximum absolute atomic E-state index is 12.1. The van der Waals surface area contributed by atoms with Crippen molar-refractivity contribution in [3.05, 3.63) is 65.7 Å². The maximum Gasteiger partial charge on any atom is 0.239 e. The molecular formula is C21H26N2O3. The fraction of sp³-hybridized carbons (Fsp3) is 0.333. The molecule has 138 valence electrons. The van der Waals surface area contributed by atoms with Crippen LogP contribution >= 0.6 is 0 Å². The first-order chi connectivity index (χ1) is 12.6. The molecule has 5 heteroatoms. The molecule has 26 heavy (non-hydrogen) atoms. The second kappa shape index (κ2) is 10.2. The third-order valence-corrected chi connectivity index (χ3v) is 4.12. The van der Waals surface area contributed by atoms with Gasteiger partial charge in [-0.1, -0.05) is 42.5 Å². The van der Waals surface area contributed by atoms with Crippen LogP contribution in [0.1, 0.15) is 24.5 Å². The second-order valence-electron chi connectivity index (χ2n) is 6.16. The highest BCUT2D eigenvalue weighted by atomic mass is 16.5. The number of nitrogens with one attached hydrogen (secondary N) is 1. The summed E-state index contributed by atoms with van der Waals surface area (Å²) in [6.07, 6.45) is 1.79. The topological polar surface area (TPSA) is 58.6 Å². The monoisotopic (exact) mass is 354 g/mol. The minimum Gasteiger partial charge on any atom is -0.497 e. The van der Waals surface area contributed by atoms with Crippen LogP contribution in [0.4, 0.5) is 0 Å². The average molecular weight is 354 g/mol. The molecule has 0 fully saturated rings. The number of aryl methyl sites for hydroxylation is 1. The van der Waals surface area contributed by atoms with Gasteiger partial charge in [-0.05, 0) is 36.1 Å². The van der Waals surface area contributed by atoms with Gasteiger partial charge in [0.05, 0.1) is 13.7 Å². The predicted molar refractivity (Wildman–Crippen MR) is 102 cm³/mol. The van der Waals surface area contributed by atoms with Crippen LogP contribution in [0, 0.1) is 0 Å². The van der Waals surface area contributed by atoms with E-state index in [0.29, 0.717) is 13.1 Å². The molecule has 0 bridgehead atoms. The molecule has 0 radical (unpaired) electrons.